The third-order valence-corrected chi connectivity index (χ3v) is 4.46. The van der Waals surface area contributed by atoms with Gasteiger partial charge in [0, 0.05) is 0 Å². The Bertz CT molecular complexity index is 918. The van der Waals surface area contributed by atoms with Gasteiger partial charge in [0.1, 0.15) is 16.5 Å². The van der Waals surface area contributed by atoms with Gasteiger partial charge in [0.15, 0.2) is 0 Å². The number of imide groups is 1. The van der Waals surface area contributed by atoms with Crippen molar-refractivity contribution in [2.24, 2.45) is 0 Å². The molecule has 1 heterocycles. The van der Waals surface area contributed by atoms with E-state index in [0.717, 1.165) is 11.3 Å². The molecule has 0 saturated carbocycles. The molecule has 2 amide bonds. The van der Waals surface area contributed by atoms with Crippen molar-refractivity contribution in [1.82, 2.24) is 0 Å². The summed E-state index contributed by atoms with van der Waals surface area (Å²) in [4.78, 5) is 26.9. The quantitative estimate of drug-likeness (QED) is 0.628. The highest BCUT2D eigenvalue weighted by Crippen LogP contribution is 2.39. The normalized spacial score (nSPS) is 14.2. The fourth-order valence-electron chi connectivity index (χ4n) is 2.91. The Morgan fingerprint density at radius 2 is 1.68 bits per heavy atom. The molecule has 0 bridgehead atoms. The first kappa shape index (κ1) is 20.0. The molecule has 1 aliphatic heterocycles. The minimum Gasteiger partial charge on any atom is -0.494 e. The molecule has 2 aromatic carbocycles. The van der Waals surface area contributed by atoms with E-state index in [-0.39, 0.29) is 16.7 Å². The Balaban J connectivity index is 1.93. The number of benzene rings is 2. The molecule has 0 fully saturated rings. The molecule has 1 aliphatic rings. The molecule has 0 radical (unpaired) electrons. The summed E-state index contributed by atoms with van der Waals surface area (Å²) in [6.07, 6.45) is 0.797. The van der Waals surface area contributed by atoms with Crippen LogP contribution in [0.25, 0.3) is 5.57 Å². The maximum absolute atomic E-state index is 13.1. The van der Waals surface area contributed by atoms with Crippen LogP contribution >= 0.6 is 11.6 Å². The highest BCUT2D eigenvalue weighted by molar-refractivity contribution is 6.60. The predicted octanol–water partition coefficient (Wildman–Crippen LogP) is 4.79. The number of carbonyl (C=O) groups excluding carboxylic acids is 2. The summed E-state index contributed by atoms with van der Waals surface area (Å²) in [5.41, 5.74) is 1.12. The number of rotatable bonds is 7. The van der Waals surface area contributed by atoms with Crippen molar-refractivity contribution in [3.8, 4) is 11.5 Å². The second-order valence-corrected chi connectivity index (χ2v) is 7.02. The van der Waals surface area contributed by atoms with Gasteiger partial charge in [-0.25, -0.2) is 4.90 Å². The number of ether oxygens (including phenoxy) is 2. The minimum absolute atomic E-state index is 0.104. The van der Waals surface area contributed by atoms with E-state index in [1.54, 1.807) is 48.5 Å². The number of para-hydroxylation sites is 2. The van der Waals surface area contributed by atoms with Crippen molar-refractivity contribution in [2.75, 3.05) is 11.5 Å². The predicted molar refractivity (Wildman–Crippen MR) is 110 cm³/mol. The van der Waals surface area contributed by atoms with Crippen molar-refractivity contribution < 1.29 is 19.1 Å². The topological polar surface area (TPSA) is 55.8 Å². The molecule has 28 heavy (non-hydrogen) atoms. The number of hydrogen-bond acceptors (Lipinski definition) is 4. The lowest BCUT2D eigenvalue weighted by atomic mass is 10.1. The number of halogens is 1. The van der Waals surface area contributed by atoms with Crippen LogP contribution in [0.2, 0.25) is 0 Å². The second kappa shape index (κ2) is 8.48. The van der Waals surface area contributed by atoms with Crippen LogP contribution < -0.4 is 14.4 Å². The van der Waals surface area contributed by atoms with Gasteiger partial charge in [0.05, 0.1) is 24.0 Å². The number of nitrogens with zero attached hydrogens (tertiary/aromatic N) is 1. The van der Waals surface area contributed by atoms with Gasteiger partial charge in [-0.15, -0.1) is 0 Å². The number of anilines is 1. The van der Waals surface area contributed by atoms with E-state index in [1.807, 2.05) is 20.8 Å². The highest BCUT2D eigenvalue weighted by Gasteiger charge is 2.40. The first-order chi connectivity index (χ1) is 13.4. The number of carbonyl (C=O) groups is 2. The van der Waals surface area contributed by atoms with Gasteiger partial charge < -0.3 is 9.47 Å². The van der Waals surface area contributed by atoms with Crippen LogP contribution in [0.15, 0.2) is 53.6 Å². The molecule has 5 nitrogen and oxygen atoms in total. The van der Waals surface area contributed by atoms with Crippen LogP contribution in [0.1, 0.15) is 32.8 Å². The van der Waals surface area contributed by atoms with Crippen LogP contribution in [0.4, 0.5) is 5.69 Å². The summed E-state index contributed by atoms with van der Waals surface area (Å²) in [7, 11) is 0. The van der Waals surface area contributed by atoms with Crippen molar-refractivity contribution in [3.05, 3.63) is 59.1 Å². The standard InChI is InChI=1S/C22H22ClNO4/c1-4-13-27-16-11-9-15(10-12-16)19-20(23)22(26)24(21(19)25)17-7-5-6-8-18(17)28-14(2)3/h5-12,14H,4,13H2,1-3H3. The average molecular weight is 400 g/mol. The summed E-state index contributed by atoms with van der Waals surface area (Å²) in [5.74, 6) is 0.115. The van der Waals surface area contributed by atoms with Gasteiger partial charge in [-0.2, -0.15) is 0 Å². The minimum atomic E-state index is -0.562. The number of amides is 2. The van der Waals surface area contributed by atoms with Crippen LogP contribution in [0.3, 0.4) is 0 Å². The van der Waals surface area contributed by atoms with Crippen molar-refractivity contribution in [3.63, 3.8) is 0 Å². The lowest BCUT2D eigenvalue weighted by molar-refractivity contribution is -0.119. The molecule has 0 N–H and O–H groups in total. The second-order valence-electron chi connectivity index (χ2n) is 6.64. The summed E-state index contributed by atoms with van der Waals surface area (Å²) >= 11 is 6.28. The van der Waals surface area contributed by atoms with Crippen molar-refractivity contribution in [2.45, 2.75) is 33.3 Å². The molecule has 0 aromatic heterocycles. The zero-order chi connectivity index (χ0) is 20.3. The Morgan fingerprint density at radius 1 is 1.00 bits per heavy atom. The Morgan fingerprint density at radius 3 is 2.32 bits per heavy atom. The van der Waals surface area contributed by atoms with E-state index in [1.165, 1.54) is 0 Å². The molecule has 0 aliphatic carbocycles. The van der Waals surface area contributed by atoms with E-state index in [2.05, 4.69) is 0 Å². The summed E-state index contributed by atoms with van der Waals surface area (Å²) in [5, 5.41) is -0.105. The monoisotopic (exact) mass is 399 g/mol. The molecule has 146 valence electrons. The van der Waals surface area contributed by atoms with Crippen molar-refractivity contribution >= 4 is 34.7 Å². The molecule has 0 saturated heterocycles. The van der Waals surface area contributed by atoms with Crippen LogP contribution in [0, 0.1) is 0 Å². The highest BCUT2D eigenvalue weighted by atomic mass is 35.5. The van der Waals surface area contributed by atoms with Gasteiger partial charge in [0.2, 0.25) is 0 Å². The Labute approximate surface area is 169 Å². The van der Waals surface area contributed by atoms with E-state index in [0.29, 0.717) is 29.4 Å². The van der Waals surface area contributed by atoms with Gasteiger partial charge in [-0.3, -0.25) is 9.59 Å². The molecular weight excluding hydrogens is 378 g/mol. The summed E-state index contributed by atoms with van der Waals surface area (Å²) in [6, 6.07) is 13.9. The summed E-state index contributed by atoms with van der Waals surface area (Å²) < 4.78 is 11.3. The maximum Gasteiger partial charge on any atom is 0.277 e. The van der Waals surface area contributed by atoms with Crippen LogP contribution in [0.5, 0.6) is 11.5 Å². The SMILES string of the molecule is CCCOc1ccc(C2=C(Cl)C(=O)N(c3ccccc3OC(C)C)C2=O)cc1. The van der Waals surface area contributed by atoms with Crippen LogP contribution in [-0.4, -0.2) is 24.5 Å². The average Bonchev–Trinajstić information content (AvgIpc) is 2.89. The third kappa shape index (κ3) is 3.90. The maximum atomic E-state index is 13.1. The number of hydrogen-bond donors (Lipinski definition) is 0. The Hall–Kier alpha value is -2.79. The molecular formula is C22H22ClNO4. The molecule has 3 rings (SSSR count). The lowest BCUT2D eigenvalue weighted by Crippen LogP contribution is -2.31. The van der Waals surface area contributed by atoms with E-state index in [4.69, 9.17) is 21.1 Å². The van der Waals surface area contributed by atoms with E-state index >= 15 is 0 Å². The lowest BCUT2D eigenvalue weighted by Gasteiger charge is -2.20. The summed E-state index contributed by atoms with van der Waals surface area (Å²) in [6.45, 7) is 6.39. The van der Waals surface area contributed by atoms with E-state index < -0.39 is 11.8 Å². The third-order valence-electron chi connectivity index (χ3n) is 4.11. The smallest absolute Gasteiger partial charge is 0.277 e. The first-order valence-electron chi connectivity index (χ1n) is 9.21. The van der Waals surface area contributed by atoms with Gasteiger partial charge in [-0.1, -0.05) is 42.8 Å². The zero-order valence-corrected chi connectivity index (χ0v) is 16.8. The zero-order valence-electron chi connectivity index (χ0n) is 16.1. The van der Waals surface area contributed by atoms with E-state index in [9.17, 15) is 9.59 Å². The molecule has 0 unspecified atom stereocenters. The van der Waals surface area contributed by atoms with Gasteiger partial charge in [0.25, 0.3) is 11.8 Å². The largest absolute Gasteiger partial charge is 0.494 e. The van der Waals surface area contributed by atoms with Gasteiger partial charge in [-0.05, 0) is 50.1 Å². The molecule has 0 atom stereocenters. The van der Waals surface area contributed by atoms with Gasteiger partial charge >= 0.3 is 0 Å². The molecule has 2 aromatic rings. The molecule has 6 heteroatoms. The van der Waals surface area contributed by atoms with Crippen LogP contribution in [-0.2, 0) is 9.59 Å². The fraction of sp³-hybridized carbons (Fsp3) is 0.273. The van der Waals surface area contributed by atoms with Crippen molar-refractivity contribution in [1.29, 1.82) is 0 Å². The first-order valence-corrected chi connectivity index (χ1v) is 9.59. The fourth-order valence-corrected chi connectivity index (χ4v) is 3.18. The Kier molecular flexibility index (Phi) is 6.05. The molecule has 0 spiro atoms.